The van der Waals surface area contributed by atoms with Crippen molar-refractivity contribution in [3.05, 3.63) is 82.9 Å². The lowest BCUT2D eigenvalue weighted by molar-refractivity contribution is -0.122. The predicted molar refractivity (Wildman–Crippen MR) is 137 cm³/mol. The Morgan fingerprint density at radius 3 is 2.49 bits per heavy atom. The molecule has 1 saturated heterocycles. The molecule has 0 aromatic heterocycles. The van der Waals surface area contributed by atoms with Crippen molar-refractivity contribution in [1.82, 2.24) is 4.90 Å². The van der Waals surface area contributed by atoms with Crippen LogP contribution in [0.1, 0.15) is 35.7 Å². The van der Waals surface area contributed by atoms with Crippen molar-refractivity contribution in [2.75, 3.05) is 18.3 Å². The molecule has 2 aliphatic heterocycles. The quantitative estimate of drug-likeness (QED) is 0.395. The van der Waals surface area contributed by atoms with Crippen molar-refractivity contribution in [1.29, 1.82) is 0 Å². The molecule has 1 atom stereocenters. The van der Waals surface area contributed by atoms with Gasteiger partial charge in [-0.3, -0.25) is 14.4 Å². The average Bonchev–Trinajstić information content (AvgIpc) is 3.49. The molecule has 3 aromatic carbocycles. The zero-order valence-electron chi connectivity index (χ0n) is 20.2. The molecular weight excluding hydrogens is 496 g/mol. The van der Waals surface area contributed by atoms with Gasteiger partial charge in [0.2, 0.25) is 12.7 Å². The van der Waals surface area contributed by atoms with Crippen LogP contribution >= 0.6 is 11.6 Å². The number of halogens is 1. The normalized spacial score (nSPS) is 16.3. The van der Waals surface area contributed by atoms with Gasteiger partial charge in [0.15, 0.2) is 11.5 Å². The lowest BCUT2D eigenvalue weighted by Crippen LogP contribution is -2.45. The van der Waals surface area contributed by atoms with Crippen LogP contribution in [-0.4, -0.2) is 42.1 Å². The Kier molecular flexibility index (Phi) is 7.01. The SMILES string of the molecule is CCCOc1ccc(N2C(=O)C[C@H](N(Cc3ccc4c(c3)OCO4)C(=O)c3ccc(Cl)cc3)C2=O)cc1. The van der Waals surface area contributed by atoms with E-state index in [9.17, 15) is 14.4 Å². The summed E-state index contributed by atoms with van der Waals surface area (Å²) in [5.74, 6) is 0.613. The maximum Gasteiger partial charge on any atom is 0.257 e. The molecule has 0 bridgehead atoms. The van der Waals surface area contributed by atoms with Gasteiger partial charge >= 0.3 is 0 Å². The zero-order valence-corrected chi connectivity index (χ0v) is 20.9. The van der Waals surface area contributed by atoms with E-state index in [1.165, 1.54) is 4.90 Å². The van der Waals surface area contributed by atoms with Gasteiger partial charge in [-0.1, -0.05) is 24.6 Å². The van der Waals surface area contributed by atoms with Gasteiger partial charge in [0.25, 0.3) is 11.8 Å². The third-order valence-corrected chi connectivity index (χ3v) is 6.46. The highest BCUT2D eigenvalue weighted by Crippen LogP contribution is 2.34. The first kappa shape index (κ1) is 24.6. The Balaban J connectivity index is 1.44. The summed E-state index contributed by atoms with van der Waals surface area (Å²) in [7, 11) is 0. The number of hydrogen-bond acceptors (Lipinski definition) is 6. The molecule has 1 fully saturated rings. The number of nitrogens with zero attached hydrogens (tertiary/aromatic N) is 2. The van der Waals surface area contributed by atoms with Gasteiger partial charge < -0.3 is 19.1 Å². The first-order valence-corrected chi connectivity index (χ1v) is 12.4. The van der Waals surface area contributed by atoms with E-state index in [1.54, 1.807) is 60.7 Å². The third kappa shape index (κ3) is 5.11. The van der Waals surface area contributed by atoms with E-state index >= 15 is 0 Å². The number of carbonyl (C=O) groups excluding carboxylic acids is 3. The summed E-state index contributed by atoms with van der Waals surface area (Å²) in [6, 6.07) is 17.6. The smallest absolute Gasteiger partial charge is 0.257 e. The van der Waals surface area contributed by atoms with Gasteiger partial charge in [-0.05, 0) is 72.6 Å². The summed E-state index contributed by atoms with van der Waals surface area (Å²) >= 11 is 6.01. The van der Waals surface area contributed by atoms with Crippen LogP contribution in [0.3, 0.4) is 0 Å². The predicted octanol–water partition coefficient (Wildman–Crippen LogP) is 4.83. The molecule has 0 saturated carbocycles. The maximum atomic E-state index is 13.7. The van der Waals surface area contributed by atoms with E-state index in [4.69, 9.17) is 25.8 Å². The molecule has 3 amide bonds. The van der Waals surface area contributed by atoms with Crippen LogP contribution < -0.4 is 19.1 Å². The van der Waals surface area contributed by atoms with Crippen LogP contribution in [0.15, 0.2) is 66.7 Å². The number of rotatable bonds is 8. The molecule has 3 aromatic rings. The number of imide groups is 1. The summed E-state index contributed by atoms with van der Waals surface area (Å²) in [5, 5.41) is 0.489. The second-order valence-electron chi connectivity index (χ2n) is 8.76. The number of carbonyl (C=O) groups is 3. The standard InChI is InChI=1S/C28H25ClN2O6/c1-2-13-35-22-10-8-21(9-11-22)31-26(32)15-23(28(31)34)30(27(33)19-4-6-20(29)7-5-19)16-18-3-12-24-25(14-18)37-17-36-24/h3-12,14,23H,2,13,15-17H2,1H3/t23-/m0/s1. The molecule has 0 radical (unpaired) electrons. The van der Waals surface area contributed by atoms with Crippen LogP contribution in [-0.2, 0) is 16.1 Å². The minimum Gasteiger partial charge on any atom is -0.494 e. The summed E-state index contributed by atoms with van der Waals surface area (Å²) in [5.41, 5.74) is 1.53. The molecule has 0 unspecified atom stereocenters. The first-order chi connectivity index (χ1) is 17.9. The van der Waals surface area contributed by atoms with E-state index in [0.717, 1.165) is 16.9 Å². The highest BCUT2D eigenvalue weighted by atomic mass is 35.5. The summed E-state index contributed by atoms with van der Waals surface area (Å²) in [4.78, 5) is 42.9. The Hall–Kier alpha value is -4.04. The second kappa shape index (κ2) is 10.5. The van der Waals surface area contributed by atoms with Crippen molar-refractivity contribution in [3.8, 4) is 17.2 Å². The van der Waals surface area contributed by atoms with Gasteiger partial charge in [-0.25, -0.2) is 4.90 Å². The van der Waals surface area contributed by atoms with Crippen molar-refractivity contribution in [2.45, 2.75) is 32.4 Å². The summed E-state index contributed by atoms with van der Waals surface area (Å²) in [6.45, 7) is 2.81. The molecular formula is C28H25ClN2O6. The van der Waals surface area contributed by atoms with Crippen LogP contribution in [0, 0.1) is 0 Å². The van der Waals surface area contributed by atoms with Gasteiger partial charge in [0, 0.05) is 17.1 Å². The van der Waals surface area contributed by atoms with Crippen molar-refractivity contribution < 1.29 is 28.6 Å². The number of fused-ring (bicyclic) bond motifs is 1. The van der Waals surface area contributed by atoms with Gasteiger partial charge in [0.05, 0.1) is 18.7 Å². The number of benzene rings is 3. The van der Waals surface area contributed by atoms with Crippen LogP contribution in [0.4, 0.5) is 5.69 Å². The Labute approximate surface area is 219 Å². The average molecular weight is 521 g/mol. The molecule has 190 valence electrons. The lowest BCUT2D eigenvalue weighted by Gasteiger charge is -2.28. The molecule has 2 aliphatic rings. The van der Waals surface area contributed by atoms with Crippen LogP contribution in [0.2, 0.25) is 5.02 Å². The number of hydrogen-bond donors (Lipinski definition) is 0. The minimum atomic E-state index is -0.975. The molecule has 5 rings (SSSR count). The minimum absolute atomic E-state index is 0.0966. The van der Waals surface area contributed by atoms with E-state index in [1.807, 2.05) is 13.0 Å². The number of anilines is 1. The summed E-state index contributed by atoms with van der Waals surface area (Å²) < 4.78 is 16.5. The number of ether oxygens (including phenoxy) is 3. The largest absolute Gasteiger partial charge is 0.494 e. The molecule has 0 N–H and O–H groups in total. The third-order valence-electron chi connectivity index (χ3n) is 6.21. The molecule has 0 spiro atoms. The van der Waals surface area contributed by atoms with E-state index in [-0.39, 0.29) is 31.6 Å². The van der Waals surface area contributed by atoms with E-state index in [0.29, 0.717) is 40.1 Å². The highest BCUT2D eigenvalue weighted by molar-refractivity contribution is 6.30. The molecule has 0 aliphatic carbocycles. The fraction of sp³-hybridized carbons (Fsp3) is 0.250. The summed E-state index contributed by atoms with van der Waals surface area (Å²) in [6.07, 6.45) is 0.740. The first-order valence-electron chi connectivity index (χ1n) is 12.0. The van der Waals surface area contributed by atoms with E-state index in [2.05, 4.69) is 0 Å². The Bertz CT molecular complexity index is 1330. The zero-order chi connectivity index (χ0) is 25.9. The van der Waals surface area contributed by atoms with Crippen molar-refractivity contribution in [3.63, 3.8) is 0 Å². The molecule has 9 heteroatoms. The van der Waals surface area contributed by atoms with Gasteiger partial charge in [-0.2, -0.15) is 0 Å². The second-order valence-corrected chi connectivity index (χ2v) is 9.19. The van der Waals surface area contributed by atoms with Gasteiger partial charge in [0.1, 0.15) is 11.8 Å². The molecule has 8 nitrogen and oxygen atoms in total. The maximum absolute atomic E-state index is 13.7. The van der Waals surface area contributed by atoms with Gasteiger partial charge in [-0.15, -0.1) is 0 Å². The van der Waals surface area contributed by atoms with E-state index < -0.39 is 11.9 Å². The van der Waals surface area contributed by atoms with Crippen molar-refractivity contribution in [2.24, 2.45) is 0 Å². The van der Waals surface area contributed by atoms with Crippen LogP contribution in [0.25, 0.3) is 0 Å². The fourth-order valence-corrected chi connectivity index (χ4v) is 4.49. The Morgan fingerprint density at radius 2 is 1.76 bits per heavy atom. The molecule has 37 heavy (non-hydrogen) atoms. The van der Waals surface area contributed by atoms with Crippen molar-refractivity contribution >= 4 is 35.0 Å². The number of amides is 3. The topological polar surface area (TPSA) is 85.4 Å². The molecule has 2 heterocycles. The monoisotopic (exact) mass is 520 g/mol. The fourth-order valence-electron chi connectivity index (χ4n) is 4.36. The van der Waals surface area contributed by atoms with Crippen LogP contribution in [0.5, 0.6) is 17.2 Å². The Morgan fingerprint density at radius 1 is 1.03 bits per heavy atom. The highest BCUT2D eigenvalue weighted by Gasteiger charge is 2.44. The lowest BCUT2D eigenvalue weighted by atomic mass is 10.1.